The monoisotopic (exact) mass is 510 g/mol. The Morgan fingerprint density at radius 2 is 1.25 bits per heavy atom. The van der Waals surface area contributed by atoms with E-state index in [-0.39, 0.29) is 12.2 Å². The standard InChI is InChI=1S/C18H15F13S/c1-2-11-4-3-5-12(10-11)6-8-32-9-7-13(19,20)14(21,22)15(23,24)16(25,26)17(27,28)18(29,30)31/h2-5,10H,1,6-9H2. The molecule has 0 aliphatic carbocycles. The van der Waals surface area contributed by atoms with Crippen molar-refractivity contribution in [3.8, 4) is 0 Å². The maximum atomic E-state index is 13.6. The second-order valence-electron chi connectivity index (χ2n) is 6.56. The van der Waals surface area contributed by atoms with Crippen LogP contribution >= 0.6 is 11.8 Å². The Balaban J connectivity index is 2.88. The van der Waals surface area contributed by atoms with Crippen molar-refractivity contribution in [2.45, 2.75) is 48.6 Å². The fourth-order valence-corrected chi connectivity index (χ4v) is 3.31. The molecule has 0 radical (unpaired) electrons. The molecule has 0 heterocycles. The van der Waals surface area contributed by atoms with Crippen LogP contribution in [0.5, 0.6) is 0 Å². The molecule has 0 spiro atoms. The number of benzene rings is 1. The first-order valence-electron chi connectivity index (χ1n) is 8.51. The van der Waals surface area contributed by atoms with E-state index in [4.69, 9.17) is 0 Å². The van der Waals surface area contributed by atoms with Crippen molar-refractivity contribution in [3.63, 3.8) is 0 Å². The third kappa shape index (κ3) is 5.14. The van der Waals surface area contributed by atoms with E-state index in [1.165, 1.54) is 6.08 Å². The van der Waals surface area contributed by atoms with E-state index in [1.54, 1.807) is 24.3 Å². The summed E-state index contributed by atoms with van der Waals surface area (Å²) in [6, 6.07) is 6.59. The first-order chi connectivity index (χ1) is 14.3. The molecule has 1 rings (SSSR count). The Hall–Kier alpha value is -1.60. The van der Waals surface area contributed by atoms with Crippen LogP contribution in [0.25, 0.3) is 6.08 Å². The lowest BCUT2D eigenvalue weighted by Gasteiger charge is -2.39. The molecule has 0 saturated carbocycles. The van der Waals surface area contributed by atoms with Gasteiger partial charge in [-0.25, -0.2) is 0 Å². The highest BCUT2D eigenvalue weighted by Gasteiger charge is 2.90. The summed E-state index contributed by atoms with van der Waals surface area (Å²) in [5.74, 6) is -37.5. The summed E-state index contributed by atoms with van der Waals surface area (Å²) in [6.45, 7) is 3.51. The summed E-state index contributed by atoms with van der Waals surface area (Å²) >= 11 is 0.533. The first kappa shape index (κ1) is 28.4. The van der Waals surface area contributed by atoms with Crippen LogP contribution in [-0.4, -0.2) is 47.3 Å². The number of aryl methyl sites for hydroxylation is 1. The van der Waals surface area contributed by atoms with E-state index >= 15 is 0 Å². The summed E-state index contributed by atoms with van der Waals surface area (Å²) in [6.07, 6.45) is -7.87. The van der Waals surface area contributed by atoms with Gasteiger partial charge in [0.1, 0.15) is 0 Å². The summed E-state index contributed by atoms with van der Waals surface area (Å²) in [5.41, 5.74) is 1.38. The van der Waals surface area contributed by atoms with Crippen LogP contribution in [0.3, 0.4) is 0 Å². The fraction of sp³-hybridized carbons (Fsp3) is 0.556. The molecule has 0 nitrogen and oxygen atoms in total. The van der Waals surface area contributed by atoms with E-state index in [1.807, 2.05) is 0 Å². The average molecular weight is 510 g/mol. The highest BCUT2D eigenvalue weighted by molar-refractivity contribution is 7.99. The summed E-state index contributed by atoms with van der Waals surface area (Å²) in [7, 11) is 0. The maximum Gasteiger partial charge on any atom is 0.460 e. The van der Waals surface area contributed by atoms with Gasteiger partial charge in [0, 0.05) is 6.42 Å². The number of halogens is 13. The minimum atomic E-state index is -7.85. The van der Waals surface area contributed by atoms with E-state index in [2.05, 4.69) is 6.58 Å². The van der Waals surface area contributed by atoms with Crippen LogP contribution in [0.1, 0.15) is 17.5 Å². The molecule has 14 heteroatoms. The van der Waals surface area contributed by atoms with Gasteiger partial charge in [0.15, 0.2) is 0 Å². The topological polar surface area (TPSA) is 0 Å². The molecule has 1 aromatic carbocycles. The molecule has 0 aliphatic heterocycles. The largest absolute Gasteiger partial charge is 0.460 e. The van der Waals surface area contributed by atoms with Gasteiger partial charge in [0.2, 0.25) is 0 Å². The predicted molar refractivity (Wildman–Crippen MR) is 93.0 cm³/mol. The number of hydrogen-bond donors (Lipinski definition) is 0. The Bertz CT molecular complexity index is 783. The molecule has 0 saturated heterocycles. The van der Waals surface area contributed by atoms with E-state index in [0.717, 1.165) is 0 Å². The minimum absolute atomic E-state index is 0.000938. The van der Waals surface area contributed by atoms with Crippen LogP contribution < -0.4 is 0 Å². The number of thioether (sulfide) groups is 1. The lowest BCUT2D eigenvalue weighted by atomic mass is 9.93. The molecule has 0 atom stereocenters. The van der Waals surface area contributed by atoms with Gasteiger partial charge in [0.25, 0.3) is 0 Å². The average Bonchev–Trinajstić information content (AvgIpc) is 2.66. The third-order valence-electron chi connectivity index (χ3n) is 4.28. The summed E-state index contributed by atoms with van der Waals surface area (Å²) < 4.78 is 169. The smallest absolute Gasteiger partial charge is 0.200 e. The minimum Gasteiger partial charge on any atom is -0.200 e. The lowest BCUT2D eigenvalue weighted by Crippen LogP contribution is -2.70. The quantitative estimate of drug-likeness (QED) is 0.217. The van der Waals surface area contributed by atoms with Crippen LogP contribution in [-0.2, 0) is 6.42 Å². The number of alkyl halides is 13. The van der Waals surface area contributed by atoms with Crippen LogP contribution in [0.4, 0.5) is 57.1 Å². The molecule has 32 heavy (non-hydrogen) atoms. The molecule has 184 valence electrons. The van der Waals surface area contributed by atoms with Gasteiger partial charge in [-0.1, -0.05) is 36.9 Å². The van der Waals surface area contributed by atoms with Gasteiger partial charge in [-0.3, -0.25) is 0 Å². The molecule has 1 aromatic rings. The van der Waals surface area contributed by atoms with Gasteiger partial charge in [0.05, 0.1) is 0 Å². The van der Waals surface area contributed by atoms with E-state index in [9.17, 15) is 57.1 Å². The second-order valence-corrected chi connectivity index (χ2v) is 7.79. The molecule has 0 aliphatic rings. The molecule has 0 amide bonds. The van der Waals surface area contributed by atoms with Crippen LogP contribution in [0, 0.1) is 0 Å². The normalized spacial score (nSPS) is 14.5. The Morgan fingerprint density at radius 3 is 1.75 bits per heavy atom. The van der Waals surface area contributed by atoms with Crippen molar-refractivity contribution < 1.29 is 57.1 Å². The Kier molecular flexibility index (Phi) is 8.29. The van der Waals surface area contributed by atoms with Crippen molar-refractivity contribution in [1.29, 1.82) is 0 Å². The van der Waals surface area contributed by atoms with Gasteiger partial charge in [-0.15, -0.1) is 0 Å². The zero-order valence-corrected chi connectivity index (χ0v) is 16.6. The predicted octanol–water partition coefficient (Wildman–Crippen LogP) is 7.73. The molecule has 0 bridgehead atoms. The van der Waals surface area contributed by atoms with Crippen molar-refractivity contribution in [2.24, 2.45) is 0 Å². The molecule has 0 N–H and O–H groups in total. The molecular weight excluding hydrogens is 495 g/mol. The molecule has 0 unspecified atom stereocenters. The first-order valence-corrected chi connectivity index (χ1v) is 9.66. The SMILES string of the molecule is C=Cc1cccc(CCSCCC(F)(F)C(F)(F)C(F)(F)C(F)(F)C(F)(F)C(F)(F)F)c1. The summed E-state index contributed by atoms with van der Waals surface area (Å²) in [5, 5.41) is 0. The van der Waals surface area contributed by atoms with Gasteiger partial charge >= 0.3 is 35.8 Å². The lowest BCUT2D eigenvalue weighted by molar-refractivity contribution is -0.439. The van der Waals surface area contributed by atoms with Crippen molar-refractivity contribution in [3.05, 3.63) is 42.0 Å². The zero-order valence-electron chi connectivity index (χ0n) is 15.7. The zero-order chi connectivity index (χ0) is 25.2. The third-order valence-corrected chi connectivity index (χ3v) is 5.27. The molecular formula is C18H15F13S. The van der Waals surface area contributed by atoms with Gasteiger partial charge in [-0.05, 0) is 29.1 Å². The van der Waals surface area contributed by atoms with Gasteiger partial charge < -0.3 is 0 Å². The maximum absolute atomic E-state index is 13.6. The molecule has 0 fully saturated rings. The summed E-state index contributed by atoms with van der Waals surface area (Å²) in [4.78, 5) is 0. The van der Waals surface area contributed by atoms with Crippen LogP contribution in [0.15, 0.2) is 30.8 Å². The highest BCUT2D eigenvalue weighted by atomic mass is 32.2. The van der Waals surface area contributed by atoms with Crippen molar-refractivity contribution >= 4 is 17.8 Å². The van der Waals surface area contributed by atoms with Crippen LogP contribution in [0.2, 0.25) is 0 Å². The Labute approximate surface area is 177 Å². The van der Waals surface area contributed by atoms with Crippen molar-refractivity contribution in [2.75, 3.05) is 11.5 Å². The highest BCUT2D eigenvalue weighted by Crippen LogP contribution is 2.60. The Morgan fingerprint density at radius 1 is 0.719 bits per heavy atom. The van der Waals surface area contributed by atoms with Crippen molar-refractivity contribution in [1.82, 2.24) is 0 Å². The number of rotatable bonds is 11. The fourth-order valence-electron chi connectivity index (χ4n) is 2.33. The number of hydrogen-bond acceptors (Lipinski definition) is 1. The molecule has 0 aromatic heterocycles. The van der Waals surface area contributed by atoms with Gasteiger partial charge in [-0.2, -0.15) is 68.8 Å². The van der Waals surface area contributed by atoms with E-state index in [0.29, 0.717) is 22.9 Å². The second kappa shape index (κ2) is 9.34. The van der Waals surface area contributed by atoms with E-state index < -0.39 is 48.0 Å².